The summed E-state index contributed by atoms with van der Waals surface area (Å²) in [6.45, 7) is 0. The summed E-state index contributed by atoms with van der Waals surface area (Å²) in [6, 6.07) is 9.41. The van der Waals surface area contributed by atoms with E-state index >= 15 is 0 Å². The van der Waals surface area contributed by atoms with E-state index in [0.29, 0.717) is 0 Å². The van der Waals surface area contributed by atoms with E-state index in [0.717, 1.165) is 31.4 Å². The van der Waals surface area contributed by atoms with Crippen LogP contribution in [-0.4, -0.2) is 24.6 Å². The molecule has 2 aromatic rings. The lowest BCUT2D eigenvalue weighted by atomic mass is 9.91. The Morgan fingerprint density at radius 3 is 1.79 bits per heavy atom. The number of halogens is 2. The maximum absolute atomic E-state index is 13.0. The molecule has 0 aliphatic rings. The molecule has 0 aliphatic carbocycles. The fraction of sp³-hybridized carbons (Fsp3) is 0.167. The lowest BCUT2D eigenvalue weighted by molar-refractivity contribution is -0.143. The molecule has 0 bridgehead atoms. The summed E-state index contributed by atoms with van der Waals surface area (Å²) in [5.74, 6) is -4.38. The van der Waals surface area contributed by atoms with Crippen LogP contribution in [0.15, 0.2) is 48.5 Å². The molecule has 0 N–H and O–H groups in total. The first-order valence-electron chi connectivity index (χ1n) is 7.08. The van der Waals surface area contributed by atoms with Crippen molar-refractivity contribution in [3.63, 3.8) is 0 Å². The monoisotopic (exact) mass is 332 g/mol. The van der Waals surface area contributed by atoms with Crippen molar-refractivity contribution in [3.8, 4) is 0 Å². The minimum Gasteiger partial charge on any atom is -0.468 e. The highest BCUT2D eigenvalue weighted by Gasteiger charge is 2.31. The second-order valence-electron chi connectivity index (χ2n) is 5.08. The van der Waals surface area contributed by atoms with Crippen LogP contribution in [0.25, 0.3) is 0 Å². The second kappa shape index (κ2) is 7.59. The molecule has 0 spiro atoms. The molecule has 0 radical (unpaired) electrons. The molecule has 1 unspecified atom stereocenters. The summed E-state index contributed by atoms with van der Waals surface area (Å²) < 4.78 is 30.4. The Morgan fingerprint density at radius 1 is 0.875 bits per heavy atom. The standard InChI is InChI=1S/C18H14F2O4/c1-24-18(23)15(17(22)12-4-8-14(20)9-5-12)10-16(21)11-2-6-13(19)7-3-11/h2-9,15H,10H2,1H3. The van der Waals surface area contributed by atoms with E-state index < -0.39 is 41.5 Å². The molecule has 0 fully saturated rings. The largest absolute Gasteiger partial charge is 0.468 e. The highest BCUT2D eigenvalue weighted by atomic mass is 19.1. The molecule has 2 rings (SSSR count). The predicted molar refractivity (Wildman–Crippen MR) is 81.6 cm³/mol. The van der Waals surface area contributed by atoms with Crippen LogP contribution < -0.4 is 0 Å². The molecule has 0 saturated heterocycles. The van der Waals surface area contributed by atoms with Crippen molar-refractivity contribution in [2.45, 2.75) is 6.42 Å². The van der Waals surface area contributed by atoms with Crippen molar-refractivity contribution in [1.29, 1.82) is 0 Å². The van der Waals surface area contributed by atoms with Gasteiger partial charge in [0.1, 0.15) is 17.6 Å². The number of carbonyl (C=O) groups excluding carboxylic acids is 3. The van der Waals surface area contributed by atoms with Gasteiger partial charge < -0.3 is 4.74 Å². The van der Waals surface area contributed by atoms with Gasteiger partial charge in [0.05, 0.1) is 7.11 Å². The number of ether oxygens (including phenoxy) is 1. The number of hydrogen-bond donors (Lipinski definition) is 0. The van der Waals surface area contributed by atoms with Gasteiger partial charge in [-0.3, -0.25) is 14.4 Å². The minimum atomic E-state index is -1.35. The quantitative estimate of drug-likeness (QED) is 0.463. The third-order valence-corrected chi connectivity index (χ3v) is 3.49. The summed E-state index contributed by atoms with van der Waals surface area (Å²) in [5, 5.41) is 0. The first kappa shape index (κ1) is 17.5. The Morgan fingerprint density at radius 2 is 1.33 bits per heavy atom. The molecule has 0 saturated carbocycles. The zero-order valence-electron chi connectivity index (χ0n) is 12.8. The third-order valence-electron chi connectivity index (χ3n) is 3.49. The minimum absolute atomic E-state index is 0.0960. The van der Waals surface area contributed by atoms with E-state index in [1.165, 1.54) is 24.3 Å². The number of ketones is 2. The Kier molecular flexibility index (Phi) is 5.52. The molecule has 124 valence electrons. The number of Topliss-reactive ketones (excluding diaryl/α,β-unsaturated/α-hetero) is 2. The zero-order valence-corrected chi connectivity index (χ0v) is 12.8. The van der Waals surface area contributed by atoms with Crippen molar-refractivity contribution >= 4 is 17.5 Å². The average molecular weight is 332 g/mol. The average Bonchev–Trinajstić information content (AvgIpc) is 2.59. The van der Waals surface area contributed by atoms with Gasteiger partial charge in [0.2, 0.25) is 0 Å². The van der Waals surface area contributed by atoms with Gasteiger partial charge in [-0.1, -0.05) is 0 Å². The number of hydrogen-bond acceptors (Lipinski definition) is 4. The summed E-state index contributed by atoms with van der Waals surface area (Å²) in [6.07, 6.45) is -0.422. The highest BCUT2D eigenvalue weighted by Crippen LogP contribution is 2.18. The van der Waals surface area contributed by atoms with Crippen molar-refractivity contribution in [1.82, 2.24) is 0 Å². The van der Waals surface area contributed by atoms with Crippen LogP contribution in [0, 0.1) is 17.6 Å². The summed E-state index contributed by atoms with van der Waals surface area (Å²) in [4.78, 5) is 36.6. The normalized spacial score (nSPS) is 11.6. The maximum Gasteiger partial charge on any atom is 0.317 e. The van der Waals surface area contributed by atoms with Gasteiger partial charge in [-0.05, 0) is 48.5 Å². The van der Waals surface area contributed by atoms with Crippen LogP contribution in [-0.2, 0) is 9.53 Å². The molecule has 4 nitrogen and oxygen atoms in total. The van der Waals surface area contributed by atoms with E-state index in [2.05, 4.69) is 4.74 Å². The van der Waals surface area contributed by atoms with Crippen LogP contribution in [0.3, 0.4) is 0 Å². The van der Waals surface area contributed by atoms with Gasteiger partial charge in [-0.15, -0.1) is 0 Å². The summed E-state index contributed by atoms with van der Waals surface area (Å²) in [5.41, 5.74) is 0.274. The number of esters is 1. The molecule has 1 atom stereocenters. The Bertz CT molecular complexity index is 752. The van der Waals surface area contributed by atoms with Crippen molar-refractivity contribution in [2.24, 2.45) is 5.92 Å². The maximum atomic E-state index is 13.0. The van der Waals surface area contributed by atoms with Gasteiger partial charge in [0.25, 0.3) is 0 Å². The zero-order chi connectivity index (χ0) is 17.7. The number of carbonyl (C=O) groups is 3. The van der Waals surface area contributed by atoms with Crippen molar-refractivity contribution in [2.75, 3.05) is 7.11 Å². The molecule has 0 heterocycles. The summed E-state index contributed by atoms with van der Waals surface area (Å²) >= 11 is 0. The lowest BCUT2D eigenvalue weighted by Crippen LogP contribution is -2.28. The molecule has 0 aliphatic heterocycles. The molecular weight excluding hydrogens is 318 g/mol. The van der Waals surface area contributed by atoms with Crippen LogP contribution in [0.2, 0.25) is 0 Å². The van der Waals surface area contributed by atoms with Gasteiger partial charge in [0.15, 0.2) is 11.6 Å². The van der Waals surface area contributed by atoms with Crippen molar-refractivity contribution in [3.05, 3.63) is 71.3 Å². The molecule has 2 aromatic carbocycles. The molecule has 24 heavy (non-hydrogen) atoms. The van der Waals surface area contributed by atoms with Gasteiger partial charge in [-0.2, -0.15) is 0 Å². The Balaban J connectivity index is 2.23. The fourth-order valence-electron chi connectivity index (χ4n) is 2.18. The second-order valence-corrected chi connectivity index (χ2v) is 5.08. The van der Waals surface area contributed by atoms with Crippen molar-refractivity contribution < 1.29 is 27.9 Å². The van der Waals surface area contributed by atoms with E-state index in [1.54, 1.807) is 0 Å². The van der Waals surface area contributed by atoms with E-state index in [4.69, 9.17) is 0 Å². The topological polar surface area (TPSA) is 60.4 Å². The SMILES string of the molecule is COC(=O)C(CC(=O)c1ccc(F)cc1)C(=O)c1ccc(F)cc1. The molecule has 0 aromatic heterocycles. The first-order valence-corrected chi connectivity index (χ1v) is 7.08. The van der Waals surface area contributed by atoms with E-state index in [1.807, 2.05) is 0 Å². The summed E-state index contributed by atoms with van der Waals surface area (Å²) in [7, 11) is 1.11. The van der Waals surface area contributed by atoms with Gasteiger partial charge >= 0.3 is 5.97 Å². The fourth-order valence-corrected chi connectivity index (χ4v) is 2.18. The van der Waals surface area contributed by atoms with Gasteiger partial charge in [-0.25, -0.2) is 8.78 Å². The van der Waals surface area contributed by atoms with Crippen LogP contribution in [0.4, 0.5) is 8.78 Å². The molecule has 6 heteroatoms. The highest BCUT2D eigenvalue weighted by molar-refractivity contribution is 6.12. The predicted octanol–water partition coefficient (Wildman–Crippen LogP) is 3.21. The smallest absolute Gasteiger partial charge is 0.317 e. The van der Waals surface area contributed by atoms with Gasteiger partial charge in [0, 0.05) is 17.5 Å². The molecular formula is C18H14F2O4. The van der Waals surface area contributed by atoms with E-state index in [-0.39, 0.29) is 11.1 Å². The number of methoxy groups -OCH3 is 1. The number of rotatable bonds is 6. The third kappa shape index (κ3) is 4.10. The molecule has 0 amide bonds. The van der Waals surface area contributed by atoms with Crippen LogP contribution in [0.1, 0.15) is 27.1 Å². The Hall–Kier alpha value is -2.89. The van der Waals surface area contributed by atoms with Crippen LogP contribution in [0.5, 0.6) is 0 Å². The lowest BCUT2D eigenvalue weighted by Gasteiger charge is -2.13. The number of benzene rings is 2. The van der Waals surface area contributed by atoms with Crippen LogP contribution >= 0.6 is 0 Å². The first-order chi connectivity index (χ1) is 11.4. The Labute approximate surface area is 137 Å². The van der Waals surface area contributed by atoms with E-state index in [9.17, 15) is 23.2 Å².